The van der Waals surface area contributed by atoms with Crippen molar-refractivity contribution in [2.24, 2.45) is 5.10 Å². The van der Waals surface area contributed by atoms with Gasteiger partial charge in [0, 0.05) is 21.8 Å². The molecule has 0 aliphatic rings. The SMILES string of the molecule is C/C(=N\NC(=O)CSc1nnc(-c2ccc(Cl)cc2)n1-c1ccc(C)cc1)c1cccc(O)c1. The molecule has 0 unspecified atom stereocenters. The number of carbonyl (C=O) groups is 1. The Morgan fingerprint density at radius 2 is 1.82 bits per heavy atom. The third kappa shape index (κ3) is 5.65. The summed E-state index contributed by atoms with van der Waals surface area (Å²) in [6.07, 6.45) is 0. The van der Waals surface area contributed by atoms with Gasteiger partial charge in [-0.05, 0) is 62.4 Å². The molecule has 0 saturated carbocycles. The van der Waals surface area contributed by atoms with Gasteiger partial charge >= 0.3 is 0 Å². The molecule has 4 aromatic rings. The van der Waals surface area contributed by atoms with E-state index in [-0.39, 0.29) is 17.4 Å². The molecule has 1 amide bonds. The molecular weight excluding hydrogens is 470 g/mol. The number of hydrogen-bond acceptors (Lipinski definition) is 6. The van der Waals surface area contributed by atoms with Crippen molar-refractivity contribution in [1.29, 1.82) is 0 Å². The van der Waals surface area contributed by atoms with Gasteiger partial charge in [-0.1, -0.05) is 53.2 Å². The quantitative estimate of drug-likeness (QED) is 0.210. The Bertz CT molecular complexity index is 1330. The summed E-state index contributed by atoms with van der Waals surface area (Å²) in [5.74, 6) is 0.611. The number of thioether (sulfide) groups is 1. The number of carbonyl (C=O) groups excluding carboxylic acids is 1. The molecule has 0 atom stereocenters. The minimum Gasteiger partial charge on any atom is -0.508 e. The largest absolute Gasteiger partial charge is 0.508 e. The molecule has 0 saturated heterocycles. The third-order valence-electron chi connectivity index (χ3n) is 4.97. The van der Waals surface area contributed by atoms with Gasteiger partial charge in [0.25, 0.3) is 5.91 Å². The number of rotatable bonds is 7. The summed E-state index contributed by atoms with van der Waals surface area (Å²) >= 11 is 7.31. The Morgan fingerprint density at radius 3 is 2.53 bits per heavy atom. The van der Waals surface area contributed by atoms with Crippen molar-refractivity contribution in [3.05, 3.63) is 88.9 Å². The summed E-state index contributed by atoms with van der Waals surface area (Å²) in [4.78, 5) is 12.5. The van der Waals surface area contributed by atoms with Gasteiger partial charge in [0.15, 0.2) is 11.0 Å². The van der Waals surface area contributed by atoms with E-state index in [1.165, 1.54) is 11.8 Å². The number of phenols is 1. The first-order valence-corrected chi connectivity index (χ1v) is 11.8. The number of nitrogens with zero attached hydrogens (tertiary/aromatic N) is 4. The fraction of sp³-hybridized carbons (Fsp3) is 0.120. The maximum absolute atomic E-state index is 12.5. The van der Waals surface area contributed by atoms with Crippen LogP contribution in [0.5, 0.6) is 5.75 Å². The van der Waals surface area contributed by atoms with Crippen LogP contribution in [-0.2, 0) is 4.79 Å². The van der Waals surface area contributed by atoms with Crippen LogP contribution < -0.4 is 5.43 Å². The van der Waals surface area contributed by atoms with Crippen molar-refractivity contribution in [3.8, 4) is 22.8 Å². The van der Waals surface area contributed by atoms with Crippen LogP contribution >= 0.6 is 23.4 Å². The molecule has 3 aromatic carbocycles. The molecule has 34 heavy (non-hydrogen) atoms. The second kappa shape index (κ2) is 10.5. The first-order valence-electron chi connectivity index (χ1n) is 10.4. The van der Waals surface area contributed by atoms with Crippen LogP contribution in [0, 0.1) is 6.92 Å². The van der Waals surface area contributed by atoms with E-state index < -0.39 is 0 Å². The molecule has 0 spiro atoms. The number of halogens is 1. The van der Waals surface area contributed by atoms with E-state index in [0.717, 1.165) is 22.4 Å². The maximum atomic E-state index is 12.5. The second-order valence-corrected chi connectivity index (χ2v) is 8.93. The number of hydrogen-bond donors (Lipinski definition) is 2. The van der Waals surface area contributed by atoms with Crippen molar-refractivity contribution in [3.63, 3.8) is 0 Å². The fourth-order valence-electron chi connectivity index (χ4n) is 3.18. The Kier molecular flexibility index (Phi) is 7.30. The van der Waals surface area contributed by atoms with Gasteiger partial charge in [-0.3, -0.25) is 9.36 Å². The number of phenolic OH excluding ortho intramolecular Hbond substituents is 1. The highest BCUT2D eigenvalue weighted by atomic mass is 35.5. The summed E-state index contributed by atoms with van der Waals surface area (Å²) in [6.45, 7) is 3.78. The van der Waals surface area contributed by atoms with Crippen LogP contribution in [-0.4, -0.2) is 37.2 Å². The fourth-order valence-corrected chi connectivity index (χ4v) is 4.05. The van der Waals surface area contributed by atoms with E-state index in [1.54, 1.807) is 37.3 Å². The van der Waals surface area contributed by atoms with Gasteiger partial charge in [-0.2, -0.15) is 5.10 Å². The van der Waals surface area contributed by atoms with Gasteiger partial charge < -0.3 is 5.11 Å². The normalized spacial score (nSPS) is 11.4. The molecule has 4 rings (SSSR count). The molecule has 0 bridgehead atoms. The van der Waals surface area contributed by atoms with Crippen LogP contribution in [0.2, 0.25) is 5.02 Å². The zero-order valence-corrected chi connectivity index (χ0v) is 20.1. The van der Waals surface area contributed by atoms with E-state index in [4.69, 9.17) is 11.6 Å². The molecule has 172 valence electrons. The molecule has 0 aliphatic carbocycles. The predicted octanol–water partition coefficient (Wildman–Crippen LogP) is 5.23. The number of aryl methyl sites for hydroxylation is 1. The number of hydrazone groups is 1. The number of benzene rings is 3. The monoisotopic (exact) mass is 491 g/mol. The summed E-state index contributed by atoms with van der Waals surface area (Å²) in [7, 11) is 0. The van der Waals surface area contributed by atoms with Gasteiger partial charge in [0.1, 0.15) is 5.75 Å². The van der Waals surface area contributed by atoms with Crippen LogP contribution in [0.15, 0.2) is 83.1 Å². The summed E-state index contributed by atoms with van der Waals surface area (Å²) in [6, 6.07) is 22.1. The number of aromatic hydroxyl groups is 1. The highest BCUT2D eigenvalue weighted by molar-refractivity contribution is 7.99. The minimum atomic E-state index is -0.281. The first-order chi connectivity index (χ1) is 16.4. The Morgan fingerprint density at radius 1 is 1.09 bits per heavy atom. The van der Waals surface area contributed by atoms with E-state index in [1.807, 2.05) is 54.0 Å². The van der Waals surface area contributed by atoms with E-state index >= 15 is 0 Å². The average Bonchev–Trinajstić information content (AvgIpc) is 3.26. The molecule has 2 N–H and O–H groups in total. The average molecular weight is 492 g/mol. The van der Waals surface area contributed by atoms with Gasteiger partial charge in [0.05, 0.1) is 11.5 Å². The first kappa shape index (κ1) is 23.5. The highest BCUT2D eigenvalue weighted by Crippen LogP contribution is 2.28. The molecule has 1 heterocycles. The molecule has 0 aliphatic heterocycles. The summed E-state index contributed by atoms with van der Waals surface area (Å²) < 4.78 is 1.92. The van der Waals surface area contributed by atoms with Crippen molar-refractivity contribution >= 4 is 35.0 Å². The number of nitrogens with one attached hydrogen (secondary N) is 1. The lowest BCUT2D eigenvalue weighted by atomic mass is 10.1. The lowest BCUT2D eigenvalue weighted by molar-refractivity contribution is -0.118. The van der Waals surface area contributed by atoms with Crippen LogP contribution in [0.1, 0.15) is 18.1 Å². The van der Waals surface area contributed by atoms with Crippen molar-refractivity contribution in [2.45, 2.75) is 19.0 Å². The second-order valence-electron chi connectivity index (χ2n) is 7.56. The van der Waals surface area contributed by atoms with Crippen molar-refractivity contribution in [1.82, 2.24) is 20.2 Å². The van der Waals surface area contributed by atoms with Crippen molar-refractivity contribution < 1.29 is 9.90 Å². The maximum Gasteiger partial charge on any atom is 0.250 e. The topological polar surface area (TPSA) is 92.4 Å². The van der Waals surface area contributed by atoms with Gasteiger partial charge in [-0.25, -0.2) is 5.43 Å². The van der Waals surface area contributed by atoms with Crippen LogP contribution in [0.3, 0.4) is 0 Å². The third-order valence-corrected chi connectivity index (χ3v) is 6.15. The van der Waals surface area contributed by atoms with E-state index in [2.05, 4.69) is 20.7 Å². The smallest absolute Gasteiger partial charge is 0.250 e. The summed E-state index contributed by atoms with van der Waals surface area (Å²) in [5.41, 5.74) is 6.75. The predicted molar refractivity (Wildman–Crippen MR) is 136 cm³/mol. The molecular formula is C25H22ClN5O2S. The number of amides is 1. The summed E-state index contributed by atoms with van der Waals surface area (Å²) in [5, 5.41) is 23.7. The zero-order valence-electron chi connectivity index (χ0n) is 18.6. The standard InChI is InChI=1S/C25H22ClN5O2S/c1-16-6-12-21(13-7-16)31-24(18-8-10-20(26)11-9-18)29-30-25(31)34-15-23(33)28-27-17(2)19-4-3-5-22(32)14-19/h3-14,32H,15H2,1-2H3,(H,28,33)/b27-17+. The van der Waals surface area contributed by atoms with Crippen molar-refractivity contribution in [2.75, 3.05) is 5.75 Å². The van der Waals surface area contributed by atoms with Crippen LogP contribution in [0.4, 0.5) is 0 Å². The zero-order chi connectivity index (χ0) is 24.1. The lowest BCUT2D eigenvalue weighted by Gasteiger charge is -2.11. The highest BCUT2D eigenvalue weighted by Gasteiger charge is 2.17. The Labute approximate surface area is 206 Å². The lowest BCUT2D eigenvalue weighted by Crippen LogP contribution is -2.21. The Balaban J connectivity index is 1.53. The molecule has 0 fully saturated rings. The number of aromatic nitrogens is 3. The Hall–Kier alpha value is -3.62. The molecule has 1 aromatic heterocycles. The van der Waals surface area contributed by atoms with E-state index in [0.29, 0.717) is 21.7 Å². The van der Waals surface area contributed by atoms with Gasteiger partial charge in [-0.15, -0.1) is 10.2 Å². The minimum absolute atomic E-state index is 0.0986. The van der Waals surface area contributed by atoms with Gasteiger partial charge in [0.2, 0.25) is 0 Å². The molecule has 0 radical (unpaired) electrons. The molecule has 9 heteroatoms. The molecule has 7 nitrogen and oxygen atoms in total. The van der Waals surface area contributed by atoms with E-state index in [9.17, 15) is 9.90 Å². The van der Waals surface area contributed by atoms with Crippen LogP contribution in [0.25, 0.3) is 17.1 Å².